The highest BCUT2D eigenvalue weighted by Crippen LogP contribution is 2.27. The maximum Gasteiger partial charge on any atom is 0.277 e. The number of nitro groups is 1. The van der Waals surface area contributed by atoms with Crippen LogP contribution in [0.25, 0.3) is 0 Å². The molecule has 2 rings (SSSR count). The number of nitrogens with one attached hydrogen (secondary N) is 1. The maximum atomic E-state index is 12.0. The zero-order chi connectivity index (χ0) is 22.8. The Hall–Kier alpha value is -2.84. The van der Waals surface area contributed by atoms with Gasteiger partial charge in [0.15, 0.2) is 6.61 Å². The van der Waals surface area contributed by atoms with Crippen molar-refractivity contribution in [3.05, 3.63) is 62.1 Å². The quantitative estimate of drug-likeness (QED) is 0.283. The fourth-order valence-corrected chi connectivity index (χ4v) is 3.25. The Morgan fingerprint density at radius 2 is 2.03 bits per heavy atom. The third kappa shape index (κ3) is 7.41. The van der Waals surface area contributed by atoms with Crippen LogP contribution in [0.15, 0.2) is 41.5 Å². The summed E-state index contributed by atoms with van der Waals surface area (Å²) in [5.41, 5.74) is 3.65. The van der Waals surface area contributed by atoms with Crippen LogP contribution >= 0.6 is 23.2 Å². The largest absolute Gasteiger partial charge is 0.482 e. The zero-order valence-corrected chi connectivity index (χ0v) is 18.8. The van der Waals surface area contributed by atoms with E-state index < -0.39 is 10.8 Å². The van der Waals surface area contributed by atoms with Crippen molar-refractivity contribution in [3.63, 3.8) is 0 Å². The number of amides is 1. The second-order valence-corrected chi connectivity index (χ2v) is 7.43. The van der Waals surface area contributed by atoms with Gasteiger partial charge in [0.05, 0.1) is 16.2 Å². The van der Waals surface area contributed by atoms with Crippen LogP contribution in [0.3, 0.4) is 0 Å². The number of halogens is 2. The van der Waals surface area contributed by atoms with E-state index in [0.717, 1.165) is 31.6 Å². The highest BCUT2D eigenvalue weighted by molar-refractivity contribution is 6.35. The molecule has 10 heteroatoms. The van der Waals surface area contributed by atoms with E-state index in [-0.39, 0.29) is 17.3 Å². The minimum absolute atomic E-state index is 0.0521. The first-order chi connectivity index (χ1) is 14.8. The average molecular weight is 467 g/mol. The van der Waals surface area contributed by atoms with E-state index in [1.165, 1.54) is 24.4 Å². The molecular formula is C21H24Cl2N4O4. The van der Waals surface area contributed by atoms with Crippen LogP contribution in [0, 0.1) is 10.1 Å². The molecule has 0 unspecified atom stereocenters. The number of unbranched alkanes of at least 4 members (excludes halogenated alkanes) is 1. The van der Waals surface area contributed by atoms with Gasteiger partial charge in [-0.2, -0.15) is 5.10 Å². The molecule has 2 aromatic rings. The third-order valence-corrected chi connectivity index (χ3v) is 4.90. The van der Waals surface area contributed by atoms with Gasteiger partial charge in [0.25, 0.3) is 11.6 Å². The first-order valence-corrected chi connectivity index (χ1v) is 10.5. The molecule has 2 aromatic carbocycles. The van der Waals surface area contributed by atoms with Crippen molar-refractivity contribution in [1.29, 1.82) is 0 Å². The van der Waals surface area contributed by atoms with Gasteiger partial charge in [-0.05, 0) is 37.6 Å². The molecule has 0 saturated carbocycles. The lowest BCUT2D eigenvalue weighted by Gasteiger charge is -2.24. The third-order valence-electron chi connectivity index (χ3n) is 4.37. The number of hydrazone groups is 1. The molecule has 0 aliphatic rings. The van der Waals surface area contributed by atoms with Crippen LogP contribution < -0.4 is 15.1 Å². The minimum atomic E-state index is -0.507. The van der Waals surface area contributed by atoms with Crippen LogP contribution in [0.1, 0.15) is 32.3 Å². The van der Waals surface area contributed by atoms with Gasteiger partial charge in [0.1, 0.15) is 5.75 Å². The van der Waals surface area contributed by atoms with Gasteiger partial charge in [0, 0.05) is 41.5 Å². The van der Waals surface area contributed by atoms with Gasteiger partial charge in [-0.15, -0.1) is 0 Å². The Kier molecular flexibility index (Phi) is 9.55. The van der Waals surface area contributed by atoms with Crippen LogP contribution in [-0.2, 0) is 4.79 Å². The van der Waals surface area contributed by atoms with E-state index in [4.69, 9.17) is 27.9 Å². The van der Waals surface area contributed by atoms with Crippen molar-refractivity contribution >= 4 is 46.7 Å². The van der Waals surface area contributed by atoms with Gasteiger partial charge < -0.3 is 9.64 Å². The summed E-state index contributed by atoms with van der Waals surface area (Å²) in [5.74, 6) is -0.187. The Morgan fingerprint density at radius 3 is 2.68 bits per heavy atom. The molecule has 0 aliphatic carbocycles. The maximum absolute atomic E-state index is 12.0. The van der Waals surface area contributed by atoms with Crippen LogP contribution in [0.4, 0.5) is 11.4 Å². The normalized spacial score (nSPS) is 10.8. The fourth-order valence-electron chi connectivity index (χ4n) is 2.79. The van der Waals surface area contributed by atoms with Gasteiger partial charge in [-0.1, -0.05) is 36.5 Å². The smallest absolute Gasteiger partial charge is 0.277 e. The number of nitro benzene ring substituents is 1. The molecule has 1 amide bonds. The van der Waals surface area contributed by atoms with Gasteiger partial charge in [-0.3, -0.25) is 14.9 Å². The number of nitrogens with zero attached hydrogens (tertiary/aromatic N) is 3. The van der Waals surface area contributed by atoms with Gasteiger partial charge in [0.2, 0.25) is 0 Å². The van der Waals surface area contributed by atoms with E-state index in [0.29, 0.717) is 16.3 Å². The molecule has 0 radical (unpaired) electrons. The zero-order valence-electron chi connectivity index (χ0n) is 17.3. The summed E-state index contributed by atoms with van der Waals surface area (Å²) in [7, 11) is 0. The molecule has 0 heterocycles. The Bertz CT molecular complexity index is 953. The van der Waals surface area contributed by atoms with E-state index >= 15 is 0 Å². The number of anilines is 1. The number of hydrogen-bond acceptors (Lipinski definition) is 6. The number of non-ortho nitro benzene ring substituents is 1. The summed E-state index contributed by atoms with van der Waals surface area (Å²) in [6.07, 6.45) is 3.41. The van der Waals surface area contributed by atoms with Crippen molar-refractivity contribution < 1.29 is 14.5 Å². The molecule has 1 N–H and O–H groups in total. The Morgan fingerprint density at radius 1 is 1.26 bits per heavy atom. The molecule has 166 valence electrons. The summed E-state index contributed by atoms with van der Waals surface area (Å²) in [4.78, 5) is 24.9. The molecule has 0 aliphatic heterocycles. The first-order valence-electron chi connectivity index (χ1n) is 9.78. The summed E-state index contributed by atoms with van der Waals surface area (Å²) >= 11 is 11.8. The molecule has 31 heavy (non-hydrogen) atoms. The molecule has 0 aromatic heterocycles. The SMILES string of the molecule is CCCCN(CC)c1ccc([N+](=O)[O-])cc1/C=N\NC(=O)COc1ccc(Cl)cc1Cl. The minimum Gasteiger partial charge on any atom is -0.482 e. The van der Waals surface area contributed by atoms with Crippen molar-refractivity contribution in [2.45, 2.75) is 26.7 Å². The van der Waals surface area contributed by atoms with E-state index in [1.807, 2.05) is 6.92 Å². The second kappa shape index (κ2) is 12.1. The van der Waals surface area contributed by atoms with Crippen LogP contribution in [0.5, 0.6) is 5.75 Å². The Labute approximate surface area is 190 Å². The molecule has 8 nitrogen and oxygen atoms in total. The van der Waals surface area contributed by atoms with Crippen molar-refractivity contribution in [2.24, 2.45) is 5.10 Å². The highest BCUT2D eigenvalue weighted by atomic mass is 35.5. The van der Waals surface area contributed by atoms with Crippen molar-refractivity contribution in [2.75, 3.05) is 24.6 Å². The molecule has 0 fully saturated rings. The predicted octanol–water partition coefficient (Wildman–Crippen LogP) is 5.06. The number of benzene rings is 2. The molecule has 0 bridgehead atoms. The van der Waals surface area contributed by atoms with Crippen molar-refractivity contribution in [3.8, 4) is 5.75 Å². The summed E-state index contributed by atoms with van der Waals surface area (Å²) in [6.45, 7) is 5.35. The predicted molar refractivity (Wildman–Crippen MR) is 124 cm³/mol. The number of ether oxygens (including phenoxy) is 1. The van der Waals surface area contributed by atoms with Crippen LogP contribution in [0.2, 0.25) is 10.0 Å². The standard InChI is InChI=1S/C21H24Cl2N4O4/c1-3-5-10-26(4-2)19-8-7-17(27(29)30)11-15(19)13-24-25-21(28)14-31-20-9-6-16(22)12-18(20)23/h6-9,11-13H,3-5,10,14H2,1-2H3,(H,25,28)/b24-13-. The fraction of sp³-hybridized carbons (Fsp3) is 0.333. The van der Waals surface area contributed by atoms with E-state index in [1.54, 1.807) is 18.2 Å². The number of hydrogen-bond donors (Lipinski definition) is 1. The lowest BCUT2D eigenvalue weighted by atomic mass is 10.1. The van der Waals surface area contributed by atoms with Crippen molar-refractivity contribution in [1.82, 2.24) is 5.43 Å². The van der Waals surface area contributed by atoms with Gasteiger partial charge >= 0.3 is 0 Å². The summed E-state index contributed by atoms with van der Waals surface area (Å²) < 4.78 is 5.36. The number of rotatable bonds is 11. The summed E-state index contributed by atoms with van der Waals surface area (Å²) in [6, 6.07) is 9.27. The van der Waals surface area contributed by atoms with E-state index in [2.05, 4.69) is 22.4 Å². The average Bonchev–Trinajstić information content (AvgIpc) is 2.74. The number of carbonyl (C=O) groups excluding carboxylic acids is 1. The number of carbonyl (C=O) groups is 1. The summed E-state index contributed by atoms with van der Waals surface area (Å²) in [5, 5.41) is 15.9. The second-order valence-electron chi connectivity index (χ2n) is 6.59. The lowest BCUT2D eigenvalue weighted by Crippen LogP contribution is -2.26. The van der Waals surface area contributed by atoms with Crippen LogP contribution in [-0.4, -0.2) is 36.7 Å². The lowest BCUT2D eigenvalue weighted by molar-refractivity contribution is -0.384. The van der Waals surface area contributed by atoms with Gasteiger partial charge in [-0.25, -0.2) is 5.43 Å². The molecule has 0 spiro atoms. The van der Waals surface area contributed by atoms with E-state index in [9.17, 15) is 14.9 Å². The first kappa shape index (κ1) is 24.4. The monoisotopic (exact) mass is 466 g/mol. The molecule has 0 saturated heterocycles. The highest BCUT2D eigenvalue weighted by Gasteiger charge is 2.14. The molecule has 0 atom stereocenters. The topological polar surface area (TPSA) is 97.1 Å². The molecular weight excluding hydrogens is 443 g/mol. The Balaban J connectivity index is 2.09.